The van der Waals surface area contributed by atoms with Crippen LogP contribution in [0.4, 0.5) is 0 Å². The van der Waals surface area contributed by atoms with E-state index in [1.807, 2.05) is 6.92 Å². The summed E-state index contributed by atoms with van der Waals surface area (Å²) in [5, 5.41) is 0. The maximum atomic E-state index is 5.28. The minimum Gasteiger partial charge on any atom is -0.381 e. The third kappa shape index (κ3) is 9.79. The second kappa shape index (κ2) is 10.8. The molecular formula is C13H26O. The number of hydrogen-bond donors (Lipinski definition) is 0. The molecule has 0 fully saturated rings. The van der Waals surface area contributed by atoms with E-state index in [0.29, 0.717) is 0 Å². The van der Waals surface area contributed by atoms with E-state index in [2.05, 4.69) is 19.9 Å². The third-order valence-electron chi connectivity index (χ3n) is 2.38. The van der Waals surface area contributed by atoms with Gasteiger partial charge in [0.25, 0.3) is 0 Å². The first kappa shape index (κ1) is 13.7. The van der Waals surface area contributed by atoms with E-state index in [1.54, 1.807) is 0 Å². The van der Waals surface area contributed by atoms with Gasteiger partial charge in [-0.25, -0.2) is 0 Å². The van der Waals surface area contributed by atoms with Crippen LogP contribution in [0.2, 0.25) is 0 Å². The quantitative estimate of drug-likeness (QED) is 0.396. The van der Waals surface area contributed by atoms with Crippen molar-refractivity contribution in [2.75, 3.05) is 13.2 Å². The van der Waals surface area contributed by atoms with Crippen molar-refractivity contribution in [1.29, 1.82) is 0 Å². The molecule has 1 nitrogen and oxygen atoms in total. The van der Waals surface area contributed by atoms with Crippen LogP contribution in [-0.4, -0.2) is 13.2 Å². The number of unbranched alkanes of at least 4 members (excludes halogenated alkanes) is 3. The van der Waals surface area contributed by atoms with Gasteiger partial charge in [0, 0.05) is 13.2 Å². The Hall–Kier alpha value is -0.300. The zero-order chi connectivity index (χ0) is 10.6. The summed E-state index contributed by atoms with van der Waals surface area (Å²) in [4.78, 5) is 0. The highest BCUT2D eigenvalue weighted by molar-refractivity contribution is 4.97. The van der Waals surface area contributed by atoms with Crippen molar-refractivity contribution in [3.05, 3.63) is 11.6 Å². The summed E-state index contributed by atoms with van der Waals surface area (Å²) in [6.07, 6.45) is 10.1. The van der Waals surface area contributed by atoms with Gasteiger partial charge >= 0.3 is 0 Å². The van der Waals surface area contributed by atoms with Crippen LogP contribution in [-0.2, 0) is 4.74 Å². The van der Waals surface area contributed by atoms with Crippen LogP contribution in [0.3, 0.4) is 0 Å². The molecule has 0 radical (unpaired) electrons. The molecule has 0 amide bonds. The zero-order valence-electron chi connectivity index (χ0n) is 10.1. The van der Waals surface area contributed by atoms with Crippen molar-refractivity contribution in [2.45, 2.75) is 59.3 Å². The molecule has 0 saturated heterocycles. The molecule has 84 valence electrons. The Morgan fingerprint density at radius 1 is 1.14 bits per heavy atom. The Labute approximate surface area is 89.5 Å². The van der Waals surface area contributed by atoms with Crippen molar-refractivity contribution in [1.82, 2.24) is 0 Å². The van der Waals surface area contributed by atoms with E-state index in [0.717, 1.165) is 19.6 Å². The molecule has 0 rings (SSSR count). The first-order valence-corrected chi connectivity index (χ1v) is 6.04. The molecule has 1 heteroatoms. The van der Waals surface area contributed by atoms with Crippen LogP contribution in [0, 0.1) is 0 Å². The van der Waals surface area contributed by atoms with Crippen molar-refractivity contribution < 1.29 is 4.74 Å². The fourth-order valence-electron chi connectivity index (χ4n) is 1.47. The molecular weight excluding hydrogens is 172 g/mol. The monoisotopic (exact) mass is 198 g/mol. The fraction of sp³-hybridized carbons (Fsp3) is 0.846. The molecule has 0 unspecified atom stereocenters. The molecule has 0 aromatic carbocycles. The molecule has 0 aromatic rings. The van der Waals surface area contributed by atoms with Gasteiger partial charge in [-0.05, 0) is 33.1 Å². The van der Waals surface area contributed by atoms with E-state index in [-0.39, 0.29) is 0 Å². The van der Waals surface area contributed by atoms with E-state index in [4.69, 9.17) is 4.74 Å². The topological polar surface area (TPSA) is 9.23 Å². The van der Waals surface area contributed by atoms with Gasteiger partial charge in [-0.3, -0.25) is 0 Å². The largest absolute Gasteiger partial charge is 0.381 e. The molecule has 0 aliphatic carbocycles. The lowest BCUT2D eigenvalue weighted by Gasteiger charge is -2.01. The van der Waals surface area contributed by atoms with Gasteiger partial charge in [0.15, 0.2) is 0 Å². The van der Waals surface area contributed by atoms with Gasteiger partial charge < -0.3 is 4.74 Å². The first-order valence-electron chi connectivity index (χ1n) is 6.04. The molecule has 0 aromatic heterocycles. The zero-order valence-corrected chi connectivity index (χ0v) is 10.1. The van der Waals surface area contributed by atoms with Crippen LogP contribution in [0.15, 0.2) is 11.6 Å². The number of rotatable bonds is 9. The molecule has 0 atom stereocenters. The smallest absolute Gasteiger partial charge is 0.0500 e. The Balaban J connectivity index is 3.28. The molecule has 0 bridgehead atoms. The molecule has 0 heterocycles. The standard InChI is InChI=1S/C13H26O/c1-4-6-7-8-10-13(3)11-9-12-14-5-2/h11H,4-10,12H2,1-3H3. The van der Waals surface area contributed by atoms with Crippen molar-refractivity contribution >= 4 is 0 Å². The second-order valence-electron chi connectivity index (χ2n) is 3.85. The van der Waals surface area contributed by atoms with Crippen LogP contribution in [0.1, 0.15) is 59.3 Å². The lowest BCUT2D eigenvalue weighted by molar-refractivity contribution is 0.152. The predicted octanol–water partition coefficient (Wildman–Crippen LogP) is 4.33. The minimum atomic E-state index is 0.837. The van der Waals surface area contributed by atoms with Crippen LogP contribution in [0.5, 0.6) is 0 Å². The highest BCUT2D eigenvalue weighted by Crippen LogP contribution is 2.09. The number of allylic oxidation sites excluding steroid dienone is 1. The summed E-state index contributed by atoms with van der Waals surface area (Å²) in [7, 11) is 0. The van der Waals surface area contributed by atoms with E-state index < -0.39 is 0 Å². The molecule has 0 aliphatic heterocycles. The van der Waals surface area contributed by atoms with Gasteiger partial charge in [-0.1, -0.05) is 37.8 Å². The summed E-state index contributed by atoms with van der Waals surface area (Å²) in [5.41, 5.74) is 1.53. The van der Waals surface area contributed by atoms with Gasteiger partial charge in [-0.15, -0.1) is 0 Å². The number of ether oxygens (including phenoxy) is 1. The summed E-state index contributed by atoms with van der Waals surface area (Å²) < 4.78 is 5.28. The highest BCUT2D eigenvalue weighted by Gasteiger charge is 1.91. The molecule has 14 heavy (non-hydrogen) atoms. The SMILES string of the molecule is CCCCCCC(C)=CCCOCC. The van der Waals surface area contributed by atoms with E-state index in [1.165, 1.54) is 37.7 Å². The first-order chi connectivity index (χ1) is 6.81. The van der Waals surface area contributed by atoms with Gasteiger partial charge in [0.1, 0.15) is 0 Å². The summed E-state index contributed by atoms with van der Waals surface area (Å²) in [5.74, 6) is 0. The van der Waals surface area contributed by atoms with E-state index >= 15 is 0 Å². The average Bonchev–Trinajstić information content (AvgIpc) is 2.19. The van der Waals surface area contributed by atoms with Gasteiger partial charge in [0.05, 0.1) is 0 Å². The van der Waals surface area contributed by atoms with Crippen LogP contribution < -0.4 is 0 Å². The minimum absolute atomic E-state index is 0.837. The molecule has 0 N–H and O–H groups in total. The van der Waals surface area contributed by atoms with Crippen LogP contribution in [0.25, 0.3) is 0 Å². The molecule has 0 spiro atoms. The highest BCUT2D eigenvalue weighted by atomic mass is 16.5. The molecule has 0 aliphatic rings. The van der Waals surface area contributed by atoms with Crippen molar-refractivity contribution in [3.63, 3.8) is 0 Å². The van der Waals surface area contributed by atoms with Crippen molar-refractivity contribution in [3.8, 4) is 0 Å². The maximum absolute atomic E-state index is 5.28. The van der Waals surface area contributed by atoms with E-state index in [9.17, 15) is 0 Å². The summed E-state index contributed by atoms with van der Waals surface area (Å²) in [6, 6.07) is 0. The summed E-state index contributed by atoms with van der Waals surface area (Å²) in [6.45, 7) is 8.25. The summed E-state index contributed by atoms with van der Waals surface area (Å²) >= 11 is 0. The lowest BCUT2D eigenvalue weighted by Crippen LogP contribution is -1.91. The van der Waals surface area contributed by atoms with Gasteiger partial charge in [-0.2, -0.15) is 0 Å². The Kier molecular flexibility index (Phi) is 10.5. The second-order valence-corrected chi connectivity index (χ2v) is 3.85. The maximum Gasteiger partial charge on any atom is 0.0500 e. The third-order valence-corrected chi connectivity index (χ3v) is 2.38. The normalized spacial score (nSPS) is 12.1. The molecule has 0 saturated carbocycles. The van der Waals surface area contributed by atoms with Crippen molar-refractivity contribution in [2.24, 2.45) is 0 Å². The Bertz CT molecular complexity index is 138. The average molecular weight is 198 g/mol. The fourth-order valence-corrected chi connectivity index (χ4v) is 1.47. The predicted molar refractivity (Wildman–Crippen MR) is 63.6 cm³/mol. The number of hydrogen-bond acceptors (Lipinski definition) is 1. The lowest BCUT2D eigenvalue weighted by atomic mass is 10.1. The Morgan fingerprint density at radius 3 is 2.57 bits per heavy atom. The van der Waals surface area contributed by atoms with Gasteiger partial charge in [0.2, 0.25) is 0 Å². The van der Waals surface area contributed by atoms with Crippen LogP contribution >= 0.6 is 0 Å². The Morgan fingerprint density at radius 2 is 1.93 bits per heavy atom.